The first kappa shape index (κ1) is 21.4. The number of amides is 1. The number of carbonyl (C=O) groups excluding carboxylic acids is 1. The lowest BCUT2D eigenvalue weighted by Crippen LogP contribution is -2.32. The molecule has 0 unspecified atom stereocenters. The van der Waals surface area contributed by atoms with Crippen molar-refractivity contribution in [3.8, 4) is 11.4 Å². The minimum absolute atomic E-state index is 0.126. The number of aromatic nitrogens is 1. The van der Waals surface area contributed by atoms with E-state index in [4.69, 9.17) is 4.74 Å². The van der Waals surface area contributed by atoms with Gasteiger partial charge < -0.3 is 10.1 Å². The number of rotatable bonds is 6. The predicted octanol–water partition coefficient (Wildman–Crippen LogP) is 5.19. The van der Waals surface area contributed by atoms with Crippen molar-refractivity contribution >= 4 is 16.7 Å². The Labute approximate surface area is 187 Å². The lowest BCUT2D eigenvalue weighted by Gasteiger charge is -2.21. The molecule has 0 saturated heterocycles. The van der Waals surface area contributed by atoms with E-state index in [9.17, 15) is 9.59 Å². The highest BCUT2D eigenvalue weighted by Gasteiger charge is 2.22. The van der Waals surface area contributed by atoms with Gasteiger partial charge in [0.05, 0.1) is 24.4 Å². The van der Waals surface area contributed by atoms with E-state index in [1.807, 2.05) is 80.6 Å². The summed E-state index contributed by atoms with van der Waals surface area (Å²) in [5.41, 5.74) is 2.62. The molecule has 0 aliphatic rings. The van der Waals surface area contributed by atoms with Crippen LogP contribution in [0.5, 0.6) is 5.75 Å². The second kappa shape index (κ2) is 9.10. The van der Waals surface area contributed by atoms with Crippen molar-refractivity contribution in [3.05, 3.63) is 106 Å². The summed E-state index contributed by atoms with van der Waals surface area (Å²) in [6, 6.07) is 24.3. The molecular formula is C27H26N2O3. The Hall–Kier alpha value is -3.86. The fraction of sp³-hybridized carbons (Fsp3) is 0.185. The van der Waals surface area contributed by atoms with Gasteiger partial charge in [0.1, 0.15) is 5.75 Å². The summed E-state index contributed by atoms with van der Waals surface area (Å²) < 4.78 is 6.93. The average molecular weight is 427 g/mol. The van der Waals surface area contributed by atoms with Gasteiger partial charge in [0.25, 0.3) is 11.5 Å². The largest absolute Gasteiger partial charge is 0.497 e. The fourth-order valence-electron chi connectivity index (χ4n) is 4.15. The Morgan fingerprint density at radius 2 is 1.66 bits per heavy atom. The van der Waals surface area contributed by atoms with E-state index in [0.717, 1.165) is 12.0 Å². The Balaban J connectivity index is 1.89. The number of nitrogens with zero attached hydrogens (tertiary/aromatic N) is 1. The van der Waals surface area contributed by atoms with Gasteiger partial charge >= 0.3 is 0 Å². The second-order valence-corrected chi connectivity index (χ2v) is 7.69. The number of fused-ring (bicyclic) bond motifs is 1. The van der Waals surface area contributed by atoms with Crippen molar-refractivity contribution in [2.45, 2.75) is 26.3 Å². The van der Waals surface area contributed by atoms with Gasteiger partial charge in [0.15, 0.2) is 0 Å². The van der Waals surface area contributed by atoms with Crippen LogP contribution in [0.4, 0.5) is 0 Å². The first-order chi connectivity index (χ1) is 15.5. The van der Waals surface area contributed by atoms with Crippen LogP contribution in [0.3, 0.4) is 0 Å². The van der Waals surface area contributed by atoms with Gasteiger partial charge in [-0.1, -0.05) is 61.5 Å². The fourth-order valence-corrected chi connectivity index (χ4v) is 4.15. The highest BCUT2D eigenvalue weighted by Crippen LogP contribution is 2.25. The standard InChI is InChI=1S/C27H26N2O3/c1-4-24(19-11-6-5-7-12-19)28-26(30)25-18(2)29(20-13-10-14-21(17-20)32-3)27(31)23-16-9-8-15-22(23)25/h5-17,24H,4H2,1-3H3,(H,28,30)/t24-/m0/s1. The molecule has 1 atom stereocenters. The zero-order valence-electron chi connectivity index (χ0n) is 18.5. The predicted molar refractivity (Wildman–Crippen MR) is 128 cm³/mol. The Morgan fingerprint density at radius 1 is 0.969 bits per heavy atom. The first-order valence-electron chi connectivity index (χ1n) is 10.7. The molecule has 32 heavy (non-hydrogen) atoms. The van der Waals surface area contributed by atoms with Crippen molar-refractivity contribution in [1.82, 2.24) is 9.88 Å². The summed E-state index contributed by atoms with van der Waals surface area (Å²) >= 11 is 0. The SMILES string of the molecule is CC[C@H](NC(=O)c1c(C)n(-c2cccc(OC)c2)c(=O)c2ccccc12)c1ccccc1. The third-order valence-electron chi connectivity index (χ3n) is 5.78. The van der Waals surface area contributed by atoms with Gasteiger partial charge in [-0.3, -0.25) is 14.2 Å². The maximum absolute atomic E-state index is 13.6. The van der Waals surface area contributed by atoms with Crippen LogP contribution in [0.25, 0.3) is 16.5 Å². The summed E-state index contributed by atoms with van der Waals surface area (Å²) in [6.45, 7) is 3.85. The van der Waals surface area contributed by atoms with Gasteiger partial charge in [-0.15, -0.1) is 0 Å². The number of benzene rings is 3. The summed E-state index contributed by atoms with van der Waals surface area (Å²) in [4.78, 5) is 27.0. The molecule has 1 N–H and O–H groups in total. The molecule has 0 radical (unpaired) electrons. The summed E-state index contributed by atoms with van der Waals surface area (Å²) in [6.07, 6.45) is 0.752. The van der Waals surface area contributed by atoms with Crippen molar-refractivity contribution < 1.29 is 9.53 Å². The minimum Gasteiger partial charge on any atom is -0.497 e. The van der Waals surface area contributed by atoms with Crippen molar-refractivity contribution in [2.75, 3.05) is 7.11 Å². The molecule has 0 fully saturated rings. The van der Waals surface area contributed by atoms with Gasteiger partial charge in [-0.2, -0.15) is 0 Å². The first-order valence-corrected chi connectivity index (χ1v) is 10.7. The van der Waals surface area contributed by atoms with Crippen molar-refractivity contribution in [1.29, 1.82) is 0 Å². The molecule has 1 aromatic heterocycles. The lowest BCUT2D eigenvalue weighted by molar-refractivity contribution is 0.0936. The molecule has 4 rings (SSSR count). The minimum atomic E-state index is -0.203. The van der Waals surface area contributed by atoms with E-state index in [2.05, 4.69) is 5.32 Å². The number of carbonyl (C=O) groups is 1. The van der Waals surface area contributed by atoms with E-state index < -0.39 is 0 Å². The summed E-state index contributed by atoms with van der Waals surface area (Å²) in [5, 5.41) is 4.32. The highest BCUT2D eigenvalue weighted by molar-refractivity contribution is 6.08. The summed E-state index contributed by atoms with van der Waals surface area (Å²) in [7, 11) is 1.59. The van der Waals surface area contributed by atoms with Crippen LogP contribution in [0.1, 0.15) is 41.0 Å². The molecule has 0 aliphatic heterocycles. The summed E-state index contributed by atoms with van der Waals surface area (Å²) in [5.74, 6) is 0.439. The molecule has 0 spiro atoms. The molecule has 0 bridgehead atoms. The molecule has 4 aromatic rings. The number of nitrogens with one attached hydrogen (secondary N) is 1. The molecule has 1 heterocycles. The quantitative estimate of drug-likeness (QED) is 0.462. The normalized spacial score (nSPS) is 11.8. The molecule has 0 aliphatic carbocycles. The van der Waals surface area contributed by atoms with E-state index in [-0.39, 0.29) is 17.5 Å². The van der Waals surface area contributed by atoms with Gasteiger partial charge in [-0.05, 0) is 37.1 Å². The molecule has 3 aromatic carbocycles. The van der Waals surface area contributed by atoms with Crippen molar-refractivity contribution in [2.24, 2.45) is 0 Å². The monoisotopic (exact) mass is 426 g/mol. The number of ether oxygens (including phenoxy) is 1. The van der Waals surface area contributed by atoms with Crippen LogP contribution < -0.4 is 15.6 Å². The molecule has 1 amide bonds. The second-order valence-electron chi connectivity index (χ2n) is 7.69. The van der Waals surface area contributed by atoms with E-state index >= 15 is 0 Å². The number of pyridine rings is 1. The Morgan fingerprint density at radius 3 is 2.34 bits per heavy atom. The third-order valence-corrected chi connectivity index (χ3v) is 5.78. The van der Waals surface area contributed by atoms with Crippen LogP contribution in [-0.2, 0) is 0 Å². The molecule has 162 valence electrons. The van der Waals surface area contributed by atoms with E-state index in [1.54, 1.807) is 23.8 Å². The number of hydrogen-bond donors (Lipinski definition) is 1. The van der Waals surface area contributed by atoms with Crippen LogP contribution in [0.15, 0.2) is 83.7 Å². The molecule has 5 heteroatoms. The van der Waals surface area contributed by atoms with E-state index in [0.29, 0.717) is 33.5 Å². The van der Waals surface area contributed by atoms with Gasteiger partial charge in [0, 0.05) is 22.5 Å². The van der Waals surface area contributed by atoms with E-state index in [1.165, 1.54) is 0 Å². The third kappa shape index (κ3) is 3.89. The van der Waals surface area contributed by atoms with Crippen LogP contribution in [0, 0.1) is 6.92 Å². The van der Waals surface area contributed by atoms with Crippen LogP contribution in [0.2, 0.25) is 0 Å². The van der Waals surface area contributed by atoms with Crippen LogP contribution in [-0.4, -0.2) is 17.6 Å². The molecule has 5 nitrogen and oxygen atoms in total. The Bertz CT molecular complexity index is 1330. The maximum Gasteiger partial charge on any atom is 0.263 e. The number of methoxy groups -OCH3 is 1. The smallest absolute Gasteiger partial charge is 0.263 e. The van der Waals surface area contributed by atoms with Gasteiger partial charge in [-0.25, -0.2) is 0 Å². The zero-order chi connectivity index (χ0) is 22.7. The van der Waals surface area contributed by atoms with Crippen molar-refractivity contribution in [3.63, 3.8) is 0 Å². The zero-order valence-corrected chi connectivity index (χ0v) is 18.5. The highest BCUT2D eigenvalue weighted by atomic mass is 16.5. The maximum atomic E-state index is 13.6. The molecular weight excluding hydrogens is 400 g/mol. The van der Waals surface area contributed by atoms with Gasteiger partial charge in [0.2, 0.25) is 0 Å². The average Bonchev–Trinajstić information content (AvgIpc) is 2.83. The molecule has 0 saturated carbocycles. The number of hydrogen-bond acceptors (Lipinski definition) is 3. The Kier molecular flexibility index (Phi) is 6.08. The van der Waals surface area contributed by atoms with Crippen LogP contribution >= 0.6 is 0 Å². The topological polar surface area (TPSA) is 60.3 Å². The lowest BCUT2D eigenvalue weighted by atomic mass is 10.0.